The summed E-state index contributed by atoms with van der Waals surface area (Å²) in [6, 6.07) is 0. The fourth-order valence-corrected chi connectivity index (χ4v) is 1.32. The number of nitrogens with one attached hydrogen (secondary N) is 1. The normalized spacial score (nSPS) is 10.7. The van der Waals surface area contributed by atoms with Crippen molar-refractivity contribution in [1.29, 1.82) is 0 Å². The molecule has 2 aromatic rings. The first-order valence-corrected chi connectivity index (χ1v) is 3.23. The third-order valence-corrected chi connectivity index (χ3v) is 1.84. The maximum Gasteiger partial charge on any atom is 0.182 e. The van der Waals surface area contributed by atoms with Crippen molar-refractivity contribution < 1.29 is 0 Å². The van der Waals surface area contributed by atoms with Crippen molar-refractivity contribution >= 4 is 26.8 Å². The van der Waals surface area contributed by atoms with Gasteiger partial charge in [-0.3, -0.25) is 5.10 Å². The van der Waals surface area contributed by atoms with Gasteiger partial charge >= 0.3 is 0 Å². The van der Waals surface area contributed by atoms with Gasteiger partial charge < -0.3 is 5.73 Å². The molecule has 0 unspecified atom stereocenters. The highest BCUT2D eigenvalue weighted by molar-refractivity contribution is 7.21. The number of anilines is 1. The largest absolute Gasteiger partial charge is 0.375 e. The molecule has 0 amide bonds. The van der Waals surface area contributed by atoms with Crippen LogP contribution in [-0.4, -0.2) is 15.2 Å². The molecule has 0 aliphatic rings. The molecule has 0 aromatic carbocycles. The van der Waals surface area contributed by atoms with Gasteiger partial charge in [0.2, 0.25) is 0 Å². The third-order valence-electron chi connectivity index (χ3n) is 1.02. The number of hydrogen-bond donors (Lipinski definition) is 2. The maximum atomic E-state index is 5.39. The standard InChI is InChI=1S/C4H4N4S/c5-4-7-3-2(9-4)1-6-8-3/h1H,(H3,5,6,7,8). The van der Waals surface area contributed by atoms with Crippen LogP contribution in [-0.2, 0) is 0 Å². The number of aromatic nitrogens is 3. The van der Waals surface area contributed by atoms with Crippen LogP contribution in [0.3, 0.4) is 0 Å². The number of aromatic amines is 1. The average Bonchev–Trinajstić information content (AvgIpc) is 2.22. The van der Waals surface area contributed by atoms with Crippen LogP contribution >= 0.6 is 11.3 Å². The molecule has 0 bridgehead atoms. The zero-order valence-corrected chi connectivity index (χ0v) is 5.27. The summed E-state index contributed by atoms with van der Waals surface area (Å²) in [5, 5.41) is 7.06. The second-order valence-corrected chi connectivity index (χ2v) is 2.70. The van der Waals surface area contributed by atoms with E-state index >= 15 is 0 Å². The number of nitrogens with two attached hydrogens (primary N) is 1. The molecule has 0 spiro atoms. The minimum atomic E-state index is 0.582. The third kappa shape index (κ3) is 0.580. The Morgan fingerprint density at radius 2 is 2.56 bits per heavy atom. The van der Waals surface area contributed by atoms with Gasteiger partial charge in [0.15, 0.2) is 10.8 Å². The van der Waals surface area contributed by atoms with Gasteiger partial charge in [-0.05, 0) is 0 Å². The lowest BCUT2D eigenvalue weighted by molar-refractivity contribution is 1.10. The predicted molar refractivity (Wildman–Crippen MR) is 36.2 cm³/mol. The summed E-state index contributed by atoms with van der Waals surface area (Å²) in [4.78, 5) is 3.95. The highest BCUT2D eigenvalue weighted by atomic mass is 32.1. The van der Waals surface area contributed by atoms with Gasteiger partial charge in [-0.2, -0.15) is 5.10 Å². The maximum absolute atomic E-state index is 5.39. The van der Waals surface area contributed by atoms with Gasteiger partial charge in [0, 0.05) is 0 Å². The van der Waals surface area contributed by atoms with E-state index in [1.54, 1.807) is 6.20 Å². The van der Waals surface area contributed by atoms with Crippen LogP contribution in [0.5, 0.6) is 0 Å². The summed E-state index contributed by atoms with van der Waals surface area (Å²) in [6.45, 7) is 0. The summed E-state index contributed by atoms with van der Waals surface area (Å²) in [5.41, 5.74) is 6.17. The fourth-order valence-electron chi connectivity index (χ4n) is 0.669. The van der Waals surface area contributed by atoms with E-state index in [9.17, 15) is 0 Å². The fraction of sp³-hybridized carbons (Fsp3) is 0. The van der Waals surface area contributed by atoms with Crippen LogP contribution in [0.4, 0.5) is 5.13 Å². The molecule has 9 heavy (non-hydrogen) atoms. The van der Waals surface area contributed by atoms with Crippen molar-refractivity contribution in [3.63, 3.8) is 0 Å². The molecule has 0 aliphatic heterocycles. The molecule has 0 fully saturated rings. The van der Waals surface area contributed by atoms with Crippen LogP contribution in [0.2, 0.25) is 0 Å². The Hall–Kier alpha value is -1.10. The summed E-state index contributed by atoms with van der Waals surface area (Å²) in [7, 11) is 0. The van der Waals surface area contributed by atoms with E-state index in [0.29, 0.717) is 5.13 Å². The number of nitrogens with zero attached hydrogens (tertiary/aromatic N) is 2. The second-order valence-electron chi connectivity index (χ2n) is 1.63. The lowest BCUT2D eigenvalue weighted by Crippen LogP contribution is -1.80. The predicted octanol–water partition coefficient (Wildman–Crippen LogP) is 0.602. The minimum absolute atomic E-state index is 0.582. The van der Waals surface area contributed by atoms with Crippen LogP contribution in [0.1, 0.15) is 0 Å². The zero-order valence-electron chi connectivity index (χ0n) is 4.46. The molecule has 3 N–H and O–H groups in total. The highest BCUT2D eigenvalue weighted by Crippen LogP contribution is 2.20. The van der Waals surface area contributed by atoms with Crippen LogP contribution in [0.25, 0.3) is 10.3 Å². The Morgan fingerprint density at radius 1 is 1.67 bits per heavy atom. The molecule has 46 valence electrons. The Kier molecular flexibility index (Phi) is 0.762. The zero-order chi connectivity index (χ0) is 6.27. The molecule has 4 nitrogen and oxygen atoms in total. The number of nitrogen functional groups attached to an aromatic ring is 1. The summed E-state index contributed by atoms with van der Waals surface area (Å²) >= 11 is 1.43. The molecule has 0 radical (unpaired) electrons. The number of hydrogen-bond acceptors (Lipinski definition) is 4. The van der Waals surface area contributed by atoms with E-state index in [-0.39, 0.29) is 0 Å². The number of rotatable bonds is 0. The number of thiazole rings is 1. The van der Waals surface area contributed by atoms with E-state index in [0.717, 1.165) is 10.3 Å². The molecular formula is C4H4N4S. The minimum Gasteiger partial charge on any atom is -0.375 e. The van der Waals surface area contributed by atoms with E-state index in [4.69, 9.17) is 5.73 Å². The second kappa shape index (κ2) is 1.44. The summed E-state index contributed by atoms with van der Waals surface area (Å²) in [6.07, 6.45) is 1.71. The Morgan fingerprint density at radius 3 is 3.33 bits per heavy atom. The lowest BCUT2D eigenvalue weighted by atomic mass is 10.7. The van der Waals surface area contributed by atoms with Crippen molar-refractivity contribution in [2.75, 3.05) is 5.73 Å². The van der Waals surface area contributed by atoms with Gasteiger partial charge in [0.05, 0.1) is 10.9 Å². The van der Waals surface area contributed by atoms with E-state index in [1.807, 2.05) is 0 Å². The molecule has 2 rings (SSSR count). The number of H-pyrrole nitrogens is 1. The molecular weight excluding hydrogens is 136 g/mol. The molecule has 2 heterocycles. The van der Waals surface area contributed by atoms with Gasteiger partial charge in [-0.1, -0.05) is 11.3 Å². The van der Waals surface area contributed by atoms with Crippen molar-refractivity contribution in [1.82, 2.24) is 15.2 Å². The molecule has 0 saturated carbocycles. The molecule has 0 aliphatic carbocycles. The first kappa shape index (κ1) is 4.75. The first-order chi connectivity index (χ1) is 4.36. The van der Waals surface area contributed by atoms with Crippen LogP contribution < -0.4 is 5.73 Å². The van der Waals surface area contributed by atoms with Crippen molar-refractivity contribution in [3.8, 4) is 0 Å². The summed E-state index contributed by atoms with van der Waals surface area (Å²) in [5.74, 6) is 0. The SMILES string of the molecule is Nc1nc2[nH]ncc2s1. The van der Waals surface area contributed by atoms with Crippen molar-refractivity contribution in [2.24, 2.45) is 0 Å². The first-order valence-electron chi connectivity index (χ1n) is 2.41. The molecule has 2 aromatic heterocycles. The van der Waals surface area contributed by atoms with E-state index in [1.165, 1.54) is 11.3 Å². The van der Waals surface area contributed by atoms with Crippen LogP contribution in [0.15, 0.2) is 6.20 Å². The van der Waals surface area contributed by atoms with E-state index < -0.39 is 0 Å². The Bertz CT molecular complexity index is 293. The van der Waals surface area contributed by atoms with Crippen molar-refractivity contribution in [2.45, 2.75) is 0 Å². The Labute approximate surface area is 54.7 Å². The quantitative estimate of drug-likeness (QED) is 0.563. The molecule has 0 atom stereocenters. The van der Waals surface area contributed by atoms with Crippen molar-refractivity contribution in [3.05, 3.63) is 6.20 Å². The highest BCUT2D eigenvalue weighted by Gasteiger charge is 1.99. The smallest absolute Gasteiger partial charge is 0.182 e. The van der Waals surface area contributed by atoms with E-state index in [2.05, 4.69) is 15.2 Å². The topological polar surface area (TPSA) is 67.6 Å². The monoisotopic (exact) mass is 140 g/mol. The average molecular weight is 140 g/mol. The van der Waals surface area contributed by atoms with Gasteiger partial charge in [-0.15, -0.1) is 0 Å². The molecule has 5 heteroatoms. The summed E-state index contributed by atoms with van der Waals surface area (Å²) < 4.78 is 1.01. The van der Waals surface area contributed by atoms with Gasteiger partial charge in [0.25, 0.3) is 0 Å². The van der Waals surface area contributed by atoms with Gasteiger partial charge in [-0.25, -0.2) is 4.98 Å². The van der Waals surface area contributed by atoms with Crippen LogP contribution in [0, 0.1) is 0 Å². The lowest BCUT2D eigenvalue weighted by Gasteiger charge is -1.71. The van der Waals surface area contributed by atoms with Gasteiger partial charge in [0.1, 0.15) is 0 Å². The Balaban J connectivity index is 2.92. The number of fused-ring (bicyclic) bond motifs is 1. The molecule has 0 saturated heterocycles.